The van der Waals surface area contributed by atoms with Crippen molar-refractivity contribution in [1.82, 2.24) is 5.32 Å². The highest BCUT2D eigenvalue weighted by atomic mass is 79.9. The highest BCUT2D eigenvalue weighted by molar-refractivity contribution is 9.10. The van der Waals surface area contributed by atoms with E-state index in [9.17, 15) is 0 Å². The Bertz CT molecular complexity index is 477. The summed E-state index contributed by atoms with van der Waals surface area (Å²) < 4.78 is 1.14. The van der Waals surface area contributed by atoms with Gasteiger partial charge in [-0.2, -0.15) is 0 Å². The Morgan fingerprint density at radius 3 is 2.35 bits per heavy atom. The van der Waals surface area contributed by atoms with Crippen molar-refractivity contribution < 1.29 is 0 Å². The average molecular weight is 290 g/mol. The molecule has 0 aliphatic heterocycles. The van der Waals surface area contributed by atoms with E-state index >= 15 is 0 Å². The molecule has 0 saturated heterocycles. The molecule has 2 aromatic rings. The fraction of sp³-hybridized carbons (Fsp3) is 0.200. The smallest absolute Gasteiger partial charge is 0.0253 e. The van der Waals surface area contributed by atoms with Gasteiger partial charge in [-0.15, -0.1) is 0 Å². The van der Waals surface area contributed by atoms with Gasteiger partial charge in [-0.25, -0.2) is 0 Å². The van der Waals surface area contributed by atoms with Gasteiger partial charge >= 0.3 is 0 Å². The van der Waals surface area contributed by atoms with E-state index in [4.69, 9.17) is 0 Å². The molecule has 1 N–H and O–H groups in total. The maximum absolute atomic E-state index is 3.58. The predicted octanol–water partition coefficient (Wildman–Crippen LogP) is 4.23. The molecule has 0 saturated carbocycles. The van der Waals surface area contributed by atoms with Gasteiger partial charge in [0.25, 0.3) is 0 Å². The summed E-state index contributed by atoms with van der Waals surface area (Å²) in [4.78, 5) is 0. The number of hydrogen-bond acceptors (Lipinski definition) is 1. The molecule has 88 valence electrons. The Morgan fingerprint density at radius 2 is 1.71 bits per heavy atom. The van der Waals surface area contributed by atoms with Gasteiger partial charge in [0.05, 0.1) is 0 Å². The van der Waals surface area contributed by atoms with Crippen LogP contribution in [0.3, 0.4) is 0 Å². The van der Waals surface area contributed by atoms with E-state index in [0.29, 0.717) is 0 Å². The first kappa shape index (κ1) is 12.3. The van der Waals surface area contributed by atoms with Crippen LogP contribution in [-0.4, -0.2) is 6.54 Å². The molecular formula is C15H16BrN. The molecule has 1 nitrogen and oxygen atoms in total. The van der Waals surface area contributed by atoms with E-state index in [2.05, 4.69) is 70.6 Å². The summed E-state index contributed by atoms with van der Waals surface area (Å²) in [7, 11) is 0. The fourth-order valence-corrected chi connectivity index (χ4v) is 2.28. The average Bonchev–Trinajstić information content (AvgIpc) is 2.38. The SMILES string of the molecule is CCNCc1ccc(-c2ccccc2Br)cc1. The molecule has 0 unspecified atom stereocenters. The van der Waals surface area contributed by atoms with Crippen molar-refractivity contribution in [3.63, 3.8) is 0 Å². The highest BCUT2D eigenvalue weighted by Crippen LogP contribution is 2.27. The minimum atomic E-state index is 0.937. The lowest BCUT2D eigenvalue weighted by Gasteiger charge is -2.06. The van der Waals surface area contributed by atoms with Crippen molar-refractivity contribution in [2.45, 2.75) is 13.5 Å². The Kier molecular flexibility index (Phi) is 4.35. The second-order valence-corrected chi connectivity index (χ2v) is 4.81. The fourth-order valence-electron chi connectivity index (χ4n) is 1.77. The van der Waals surface area contributed by atoms with Crippen molar-refractivity contribution in [2.75, 3.05) is 6.54 Å². The maximum atomic E-state index is 3.58. The number of benzene rings is 2. The molecule has 0 bridgehead atoms. The third kappa shape index (κ3) is 3.18. The van der Waals surface area contributed by atoms with Crippen LogP contribution in [0.5, 0.6) is 0 Å². The molecule has 0 aliphatic carbocycles. The summed E-state index contributed by atoms with van der Waals surface area (Å²) in [5.74, 6) is 0. The normalized spacial score (nSPS) is 10.5. The molecule has 2 rings (SSSR count). The Balaban J connectivity index is 2.21. The van der Waals surface area contributed by atoms with Gasteiger partial charge < -0.3 is 5.32 Å². The molecule has 0 amide bonds. The zero-order valence-corrected chi connectivity index (χ0v) is 11.5. The molecule has 2 aromatic carbocycles. The summed E-state index contributed by atoms with van der Waals surface area (Å²) in [6.45, 7) is 4.06. The van der Waals surface area contributed by atoms with Crippen LogP contribution in [-0.2, 0) is 6.54 Å². The van der Waals surface area contributed by atoms with Crippen LogP contribution in [0.4, 0.5) is 0 Å². The van der Waals surface area contributed by atoms with Gasteiger partial charge in [-0.3, -0.25) is 0 Å². The van der Waals surface area contributed by atoms with Crippen LogP contribution in [0, 0.1) is 0 Å². The molecule has 17 heavy (non-hydrogen) atoms. The van der Waals surface area contributed by atoms with E-state index in [-0.39, 0.29) is 0 Å². The summed E-state index contributed by atoms with van der Waals surface area (Å²) in [6.07, 6.45) is 0. The first-order valence-corrected chi connectivity index (χ1v) is 6.65. The molecule has 0 fully saturated rings. The van der Waals surface area contributed by atoms with E-state index < -0.39 is 0 Å². The molecule has 0 radical (unpaired) electrons. The minimum Gasteiger partial charge on any atom is -0.313 e. The molecule has 0 aliphatic rings. The lowest BCUT2D eigenvalue weighted by molar-refractivity contribution is 0.727. The lowest BCUT2D eigenvalue weighted by atomic mass is 10.0. The van der Waals surface area contributed by atoms with Crippen LogP contribution < -0.4 is 5.32 Å². The van der Waals surface area contributed by atoms with Crippen molar-refractivity contribution >= 4 is 15.9 Å². The van der Waals surface area contributed by atoms with Crippen LogP contribution in [0.2, 0.25) is 0 Å². The van der Waals surface area contributed by atoms with E-state index in [1.807, 2.05) is 6.07 Å². The van der Waals surface area contributed by atoms with Gasteiger partial charge in [0, 0.05) is 11.0 Å². The van der Waals surface area contributed by atoms with Crippen LogP contribution in [0.1, 0.15) is 12.5 Å². The molecule has 0 heterocycles. The molecular weight excluding hydrogens is 274 g/mol. The first-order chi connectivity index (χ1) is 8.31. The van der Waals surface area contributed by atoms with Crippen LogP contribution in [0.15, 0.2) is 53.0 Å². The first-order valence-electron chi connectivity index (χ1n) is 5.86. The van der Waals surface area contributed by atoms with E-state index in [0.717, 1.165) is 17.6 Å². The third-order valence-electron chi connectivity index (χ3n) is 2.72. The predicted molar refractivity (Wildman–Crippen MR) is 77.0 cm³/mol. The van der Waals surface area contributed by atoms with E-state index in [1.165, 1.54) is 16.7 Å². The molecule has 0 spiro atoms. The van der Waals surface area contributed by atoms with Crippen LogP contribution in [0.25, 0.3) is 11.1 Å². The van der Waals surface area contributed by atoms with Gasteiger partial charge in [-0.05, 0) is 29.3 Å². The second kappa shape index (κ2) is 5.99. The molecule has 2 heteroatoms. The summed E-state index contributed by atoms with van der Waals surface area (Å²) in [6, 6.07) is 17.0. The zero-order chi connectivity index (χ0) is 12.1. The van der Waals surface area contributed by atoms with Crippen molar-refractivity contribution in [1.29, 1.82) is 0 Å². The number of nitrogens with one attached hydrogen (secondary N) is 1. The molecule has 0 atom stereocenters. The van der Waals surface area contributed by atoms with Gasteiger partial charge in [0.1, 0.15) is 0 Å². The maximum Gasteiger partial charge on any atom is 0.0253 e. The van der Waals surface area contributed by atoms with Crippen molar-refractivity contribution in [2.24, 2.45) is 0 Å². The Labute approximate surface area is 111 Å². The van der Waals surface area contributed by atoms with Gasteiger partial charge in [-0.1, -0.05) is 65.3 Å². The second-order valence-electron chi connectivity index (χ2n) is 3.96. The summed E-state index contributed by atoms with van der Waals surface area (Å²) >= 11 is 3.58. The minimum absolute atomic E-state index is 0.937. The van der Waals surface area contributed by atoms with Crippen molar-refractivity contribution in [3.05, 3.63) is 58.6 Å². The highest BCUT2D eigenvalue weighted by Gasteiger charge is 2.01. The van der Waals surface area contributed by atoms with Crippen molar-refractivity contribution in [3.8, 4) is 11.1 Å². The largest absolute Gasteiger partial charge is 0.313 e. The number of halogens is 1. The Morgan fingerprint density at radius 1 is 1.00 bits per heavy atom. The third-order valence-corrected chi connectivity index (χ3v) is 3.41. The zero-order valence-electron chi connectivity index (χ0n) is 9.91. The lowest BCUT2D eigenvalue weighted by Crippen LogP contribution is -2.11. The van der Waals surface area contributed by atoms with E-state index in [1.54, 1.807) is 0 Å². The number of rotatable bonds is 4. The Hall–Kier alpha value is -1.12. The summed E-state index contributed by atoms with van der Waals surface area (Å²) in [5, 5.41) is 3.33. The number of hydrogen-bond donors (Lipinski definition) is 1. The quantitative estimate of drug-likeness (QED) is 0.888. The molecule has 0 aromatic heterocycles. The van der Waals surface area contributed by atoms with Gasteiger partial charge in [0.15, 0.2) is 0 Å². The van der Waals surface area contributed by atoms with Crippen LogP contribution >= 0.6 is 15.9 Å². The monoisotopic (exact) mass is 289 g/mol. The standard InChI is InChI=1S/C15H16BrN/c1-2-17-11-12-7-9-13(10-8-12)14-5-3-4-6-15(14)16/h3-10,17H,2,11H2,1H3. The topological polar surface area (TPSA) is 12.0 Å². The van der Waals surface area contributed by atoms with Gasteiger partial charge in [0.2, 0.25) is 0 Å². The summed E-state index contributed by atoms with van der Waals surface area (Å²) in [5.41, 5.74) is 3.81.